The van der Waals surface area contributed by atoms with Crippen LogP contribution in [0.25, 0.3) is 0 Å². The highest BCUT2D eigenvalue weighted by atomic mass is 16.6. The number of nitrogens with one attached hydrogen (secondary N) is 2. The van der Waals surface area contributed by atoms with Gasteiger partial charge >= 0.3 is 6.01 Å². The van der Waals surface area contributed by atoms with E-state index in [-0.39, 0.29) is 23.0 Å². The van der Waals surface area contributed by atoms with Crippen molar-refractivity contribution in [3.05, 3.63) is 39.7 Å². The molecule has 2 aromatic rings. The maximum absolute atomic E-state index is 11.9. The van der Waals surface area contributed by atoms with Crippen LogP contribution in [0.1, 0.15) is 16.2 Å². The van der Waals surface area contributed by atoms with E-state index in [4.69, 9.17) is 10.4 Å². The summed E-state index contributed by atoms with van der Waals surface area (Å²) < 4.78 is 4.73. The van der Waals surface area contributed by atoms with Gasteiger partial charge in [0.05, 0.1) is 4.92 Å². The molecule has 0 unspecified atom stereocenters. The second-order valence-corrected chi connectivity index (χ2v) is 3.73. The highest BCUT2D eigenvalue weighted by molar-refractivity contribution is 6.04. The van der Waals surface area contributed by atoms with Gasteiger partial charge in [0.15, 0.2) is 5.82 Å². The molecule has 1 aromatic carbocycles. The molecule has 1 amide bonds. The van der Waals surface area contributed by atoms with Crippen molar-refractivity contribution >= 4 is 23.3 Å². The topological polar surface area (TPSA) is 149 Å². The van der Waals surface area contributed by atoms with Crippen LogP contribution in [0, 0.1) is 17.0 Å². The molecule has 0 spiro atoms. The number of aromatic nitrogens is 2. The van der Waals surface area contributed by atoms with E-state index in [1.54, 1.807) is 6.92 Å². The van der Waals surface area contributed by atoms with Gasteiger partial charge < -0.3 is 9.95 Å². The molecule has 20 heavy (non-hydrogen) atoms. The van der Waals surface area contributed by atoms with Gasteiger partial charge in [0.1, 0.15) is 5.69 Å². The summed E-state index contributed by atoms with van der Waals surface area (Å²) in [6, 6.07) is 3.64. The third kappa shape index (κ3) is 2.70. The number of nitro groups is 1. The van der Waals surface area contributed by atoms with Crippen LogP contribution in [0.2, 0.25) is 0 Å². The largest absolute Gasteiger partial charge is 0.328 e. The van der Waals surface area contributed by atoms with E-state index >= 15 is 0 Å². The van der Waals surface area contributed by atoms with E-state index in [0.717, 1.165) is 0 Å². The van der Waals surface area contributed by atoms with E-state index in [9.17, 15) is 14.9 Å². The molecule has 0 aliphatic heterocycles. The summed E-state index contributed by atoms with van der Waals surface area (Å²) in [5.41, 5.74) is 2.10. The van der Waals surface area contributed by atoms with Crippen molar-refractivity contribution in [3.8, 4) is 0 Å². The highest BCUT2D eigenvalue weighted by Crippen LogP contribution is 2.24. The molecule has 1 aromatic heterocycles. The normalized spacial score (nSPS) is 10.1. The Morgan fingerprint density at radius 3 is 2.80 bits per heavy atom. The van der Waals surface area contributed by atoms with Crippen molar-refractivity contribution in [2.24, 2.45) is 5.84 Å². The molecule has 0 aliphatic rings. The van der Waals surface area contributed by atoms with Gasteiger partial charge in [0.2, 0.25) is 0 Å². The van der Waals surface area contributed by atoms with Crippen LogP contribution in [0.5, 0.6) is 0 Å². The number of hydrogen-bond donors (Lipinski definition) is 3. The van der Waals surface area contributed by atoms with Gasteiger partial charge in [-0.15, -0.1) is 0 Å². The molecule has 0 saturated heterocycles. The summed E-state index contributed by atoms with van der Waals surface area (Å²) in [7, 11) is 0. The number of amides is 1. The Kier molecular flexibility index (Phi) is 3.57. The van der Waals surface area contributed by atoms with Crippen LogP contribution < -0.4 is 16.6 Å². The molecule has 104 valence electrons. The van der Waals surface area contributed by atoms with Gasteiger partial charge in [0.25, 0.3) is 11.6 Å². The Hall–Kier alpha value is -3.01. The van der Waals surface area contributed by atoms with Crippen LogP contribution in [0.4, 0.5) is 17.4 Å². The van der Waals surface area contributed by atoms with E-state index in [0.29, 0.717) is 5.82 Å². The first-order chi connectivity index (χ1) is 9.51. The molecular weight excluding hydrogens is 268 g/mol. The summed E-state index contributed by atoms with van der Waals surface area (Å²) in [6.07, 6.45) is 0. The van der Waals surface area contributed by atoms with Gasteiger partial charge in [-0.25, -0.2) is 0 Å². The summed E-state index contributed by atoms with van der Waals surface area (Å²) in [6.45, 7) is 1.60. The Morgan fingerprint density at radius 1 is 1.50 bits per heavy atom. The van der Waals surface area contributed by atoms with Crippen molar-refractivity contribution in [3.63, 3.8) is 0 Å². The minimum atomic E-state index is -0.613. The SMILES string of the molecule is Cc1noc(NC(=O)c2ccc([N+](=O)[O-])c(NN)c2)n1. The molecule has 0 fully saturated rings. The maximum Gasteiger partial charge on any atom is 0.328 e. The Morgan fingerprint density at radius 2 is 2.25 bits per heavy atom. The van der Waals surface area contributed by atoms with Crippen molar-refractivity contribution in [1.29, 1.82) is 0 Å². The number of nitrogens with zero attached hydrogens (tertiary/aromatic N) is 3. The first-order valence-corrected chi connectivity index (χ1v) is 5.38. The fourth-order valence-electron chi connectivity index (χ4n) is 1.47. The smallest absolute Gasteiger partial charge is 0.318 e. The van der Waals surface area contributed by atoms with Crippen LogP contribution in [0.3, 0.4) is 0 Å². The van der Waals surface area contributed by atoms with E-state index < -0.39 is 10.8 Å². The number of nitrogen functional groups attached to an aromatic ring is 1. The highest BCUT2D eigenvalue weighted by Gasteiger charge is 2.17. The fraction of sp³-hybridized carbons (Fsp3) is 0.100. The Balaban J connectivity index is 2.24. The Bertz CT molecular complexity index is 668. The minimum absolute atomic E-state index is 0.0179. The lowest BCUT2D eigenvalue weighted by Crippen LogP contribution is -2.14. The summed E-state index contributed by atoms with van der Waals surface area (Å²) in [5.74, 6) is 5.00. The van der Waals surface area contributed by atoms with Crippen LogP contribution in [0.15, 0.2) is 22.7 Å². The Labute approximate surface area is 112 Å². The molecule has 10 heteroatoms. The standard InChI is InChI=1S/C10H10N6O4/c1-5-12-10(20-15-5)13-9(17)6-2-3-8(16(18)19)7(4-6)14-11/h2-4,14H,11H2,1H3,(H,12,13,15,17). The molecular formula is C10H10N6O4. The number of carbonyl (C=O) groups excluding carboxylic acids is 1. The molecule has 0 bridgehead atoms. The average Bonchev–Trinajstić information content (AvgIpc) is 2.83. The van der Waals surface area contributed by atoms with Crippen LogP contribution in [-0.4, -0.2) is 21.0 Å². The number of carbonyl (C=O) groups is 1. The lowest BCUT2D eigenvalue weighted by molar-refractivity contribution is -0.384. The van der Waals surface area contributed by atoms with Crippen molar-refractivity contribution in [1.82, 2.24) is 10.1 Å². The molecule has 2 rings (SSSR count). The van der Waals surface area contributed by atoms with Crippen molar-refractivity contribution < 1.29 is 14.2 Å². The number of hydrogen-bond acceptors (Lipinski definition) is 8. The zero-order valence-corrected chi connectivity index (χ0v) is 10.3. The molecule has 0 atom stereocenters. The van der Waals surface area contributed by atoms with E-state index in [1.807, 2.05) is 0 Å². The number of rotatable bonds is 4. The number of aryl methyl sites for hydroxylation is 1. The maximum atomic E-state index is 11.9. The molecule has 0 saturated carbocycles. The summed E-state index contributed by atoms with van der Waals surface area (Å²) in [4.78, 5) is 25.8. The number of anilines is 2. The van der Waals surface area contributed by atoms with Gasteiger partial charge in [-0.1, -0.05) is 5.16 Å². The second kappa shape index (κ2) is 5.32. The summed E-state index contributed by atoms with van der Waals surface area (Å²) >= 11 is 0. The third-order valence-electron chi connectivity index (χ3n) is 2.36. The van der Waals surface area contributed by atoms with Gasteiger partial charge in [-0.3, -0.25) is 26.1 Å². The number of nitro benzene ring substituents is 1. The van der Waals surface area contributed by atoms with E-state index in [2.05, 4.69) is 20.9 Å². The van der Waals surface area contributed by atoms with Crippen LogP contribution in [-0.2, 0) is 0 Å². The molecule has 1 heterocycles. The average molecular weight is 278 g/mol. The predicted octanol–water partition coefficient (Wildman–Crippen LogP) is 0.824. The zero-order chi connectivity index (χ0) is 14.7. The third-order valence-corrected chi connectivity index (χ3v) is 2.36. The lowest BCUT2D eigenvalue weighted by Gasteiger charge is -2.05. The van der Waals surface area contributed by atoms with Crippen molar-refractivity contribution in [2.75, 3.05) is 10.7 Å². The molecule has 0 aliphatic carbocycles. The molecule has 10 nitrogen and oxygen atoms in total. The number of nitrogens with two attached hydrogens (primary N) is 1. The number of hydrazine groups is 1. The number of benzene rings is 1. The van der Waals surface area contributed by atoms with Gasteiger partial charge in [-0.05, 0) is 19.1 Å². The second-order valence-electron chi connectivity index (χ2n) is 3.73. The minimum Gasteiger partial charge on any atom is -0.318 e. The first-order valence-electron chi connectivity index (χ1n) is 5.38. The first kappa shape index (κ1) is 13.4. The van der Waals surface area contributed by atoms with E-state index in [1.165, 1.54) is 18.2 Å². The molecule has 0 radical (unpaired) electrons. The van der Waals surface area contributed by atoms with Crippen LogP contribution >= 0.6 is 0 Å². The van der Waals surface area contributed by atoms with Crippen molar-refractivity contribution in [2.45, 2.75) is 6.92 Å². The lowest BCUT2D eigenvalue weighted by atomic mass is 10.1. The monoisotopic (exact) mass is 278 g/mol. The summed E-state index contributed by atoms with van der Waals surface area (Å²) in [5, 5.41) is 16.6. The fourth-order valence-corrected chi connectivity index (χ4v) is 1.47. The zero-order valence-electron chi connectivity index (χ0n) is 10.3. The van der Waals surface area contributed by atoms with Gasteiger partial charge in [0, 0.05) is 11.6 Å². The van der Waals surface area contributed by atoms with Gasteiger partial charge in [-0.2, -0.15) is 4.98 Å². The molecule has 4 N–H and O–H groups in total. The quantitative estimate of drug-likeness (QED) is 0.422. The predicted molar refractivity (Wildman–Crippen MR) is 67.9 cm³/mol.